The first kappa shape index (κ1) is 14.4. The van der Waals surface area contributed by atoms with E-state index in [1.54, 1.807) is 6.92 Å². The van der Waals surface area contributed by atoms with Gasteiger partial charge in [-0.05, 0) is 13.8 Å². The summed E-state index contributed by atoms with van der Waals surface area (Å²) >= 11 is 0. The van der Waals surface area contributed by atoms with Gasteiger partial charge in [-0.2, -0.15) is 0 Å². The molecule has 17 heavy (non-hydrogen) atoms. The number of ether oxygens (including phenoxy) is 1. The lowest BCUT2D eigenvalue weighted by Gasteiger charge is -2.34. The molecule has 100 valence electrons. The predicted molar refractivity (Wildman–Crippen MR) is 64.3 cm³/mol. The third-order valence-corrected chi connectivity index (χ3v) is 4.62. The summed E-state index contributed by atoms with van der Waals surface area (Å²) in [6.45, 7) is 4.62. The molecule has 0 saturated carbocycles. The number of hydrogen-bond donors (Lipinski definition) is 1. The Labute approximate surface area is 102 Å². The van der Waals surface area contributed by atoms with Crippen molar-refractivity contribution < 1.29 is 17.9 Å². The van der Waals surface area contributed by atoms with Crippen molar-refractivity contribution in [3.05, 3.63) is 0 Å². The van der Waals surface area contributed by atoms with E-state index in [-0.39, 0.29) is 17.5 Å². The molecule has 0 amide bonds. The Morgan fingerprint density at radius 1 is 1.59 bits per heavy atom. The average Bonchev–Trinajstić information content (AvgIpc) is 2.21. The van der Waals surface area contributed by atoms with E-state index in [1.165, 1.54) is 0 Å². The highest BCUT2D eigenvalue weighted by molar-refractivity contribution is 7.91. The molecule has 1 heterocycles. The smallest absolute Gasteiger partial charge is 0.324 e. The van der Waals surface area contributed by atoms with Gasteiger partial charge in [-0.1, -0.05) is 0 Å². The fraction of sp³-hybridized carbons (Fsp3) is 0.900. The lowest BCUT2D eigenvalue weighted by atomic mass is 10.2. The van der Waals surface area contributed by atoms with Gasteiger partial charge in [0.15, 0.2) is 9.84 Å². The summed E-state index contributed by atoms with van der Waals surface area (Å²) in [6, 6.07) is -0.813. The van der Waals surface area contributed by atoms with E-state index < -0.39 is 21.8 Å². The van der Waals surface area contributed by atoms with Crippen LogP contribution in [-0.4, -0.2) is 62.6 Å². The minimum absolute atomic E-state index is 0.103. The maximum Gasteiger partial charge on any atom is 0.324 e. The first-order valence-corrected chi connectivity index (χ1v) is 7.54. The Morgan fingerprint density at radius 2 is 2.24 bits per heavy atom. The van der Waals surface area contributed by atoms with Crippen molar-refractivity contribution in [3.63, 3.8) is 0 Å². The summed E-state index contributed by atoms with van der Waals surface area (Å²) in [5, 5.41) is 0. The molecule has 0 bridgehead atoms. The van der Waals surface area contributed by atoms with Gasteiger partial charge in [0.1, 0.15) is 6.04 Å². The highest BCUT2D eigenvalue weighted by Crippen LogP contribution is 2.11. The molecule has 2 unspecified atom stereocenters. The molecule has 0 aromatic heterocycles. The summed E-state index contributed by atoms with van der Waals surface area (Å²) in [4.78, 5) is 13.3. The first-order chi connectivity index (χ1) is 7.85. The lowest BCUT2D eigenvalue weighted by Crippen LogP contribution is -2.53. The molecule has 0 aromatic rings. The fourth-order valence-electron chi connectivity index (χ4n) is 1.88. The Hall–Kier alpha value is -0.660. The van der Waals surface area contributed by atoms with Crippen molar-refractivity contribution in [1.82, 2.24) is 4.90 Å². The van der Waals surface area contributed by atoms with Crippen LogP contribution in [-0.2, 0) is 19.4 Å². The van der Waals surface area contributed by atoms with Crippen molar-refractivity contribution in [3.8, 4) is 0 Å². The number of hydrogen-bond acceptors (Lipinski definition) is 6. The molecule has 0 radical (unpaired) electrons. The maximum atomic E-state index is 11.4. The van der Waals surface area contributed by atoms with Crippen molar-refractivity contribution in [2.75, 3.05) is 31.2 Å². The van der Waals surface area contributed by atoms with E-state index in [2.05, 4.69) is 0 Å². The van der Waals surface area contributed by atoms with Gasteiger partial charge in [0.2, 0.25) is 0 Å². The van der Waals surface area contributed by atoms with Gasteiger partial charge in [-0.3, -0.25) is 9.69 Å². The second-order valence-corrected chi connectivity index (χ2v) is 6.55. The number of rotatable bonds is 4. The number of carbonyl (C=O) groups is 1. The summed E-state index contributed by atoms with van der Waals surface area (Å²) in [6.07, 6.45) is 0. The van der Waals surface area contributed by atoms with Crippen LogP contribution in [0.4, 0.5) is 0 Å². The molecular weight excluding hydrogens is 244 g/mol. The molecular formula is C10H20N2O4S. The van der Waals surface area contributed by atoms with Gasteiger partial charge in [-0.25, -0.2) is 8.42 Å². The van der Waals surface area contributed by atoms with Gasteiger partial charge in [0.25, 0.3) is 0 Å². The SMILES string of the molecule is CCOC(=O)C(N)CN1CCS(=O)(=O)CC1C. The Morgan fingerprint density at radius 3 is 2.76 bits per heavy atom. The molecule has 0 aromatic carbocycles. The molecule has 0 spiro atoms. The lowest BCUT2D eigenvalue weighted by molar-refractivity contribution is -0.145. The zero-order valence-electron chi connectivity index (χ0n) is 10.3. The zero-order valence-corrected chi connectivity index (χ0v) is 11.1. The number of nitrogens with two attached hydrogens (primary N) is 1. The second-order valence-electron chi connectivity index (χ2n) is 4.32. The Bertz CT molecular complexity index is 369. The van der Waals surface area contributed by atoms with Gasteiger partial charge in [-0.15, -0.1) is 0 Å². The van der Waals surface area contributed by atoms with Crippen LogP contribution in [0, 0.1) is 0 Å². The largest absolute Gasteiger partial charge is 0.465 e. The monoisotopic (exact) mass is 264 g/mol. The molecule has 1 aliphatic heterocycles. The van der Waals surface area contributed by atoms with Gasteiger partial charge >= 0.3 is 5.97 Å². The zero-order chi connectivity index (χ0) is 13.1. The predicted octanol–water partition coefficient (Wildman–Crippen LogP) is -1.00. The molecule has 2 N–H and O–H groups in total. The Balaban J connectivity index is 2.50. The molecule has 1 aliphatic rings. The van der Waals surface area contributed by atoms with Crippen LogP contribution in [0.25, 0.3) is 0 Å². The summed E-state index contributed by atoms with van der Waals surface area (Å²) in [5.74, 6) is -0.178. The quantitative estimate of drug-likeness (QED) is 0.655. The van der Waals surface area contributed by atoms with Crippen LogP contribution in [0.15, 0.2) is 0 Å². The van der Waals surface area contributed by atoms with Gasteiger partial charge in [0.05, 0.1) is 18.1 Å². The highest BCUT2D eigenvalue weighted by atomic mass is 32.2. The average molecular weight is 264 g/mol. The van der Waals surface area contributed by atoms with E-state index in [9.17, 15) is 13.2 Å². The molecule has 1 rings (SSSR count). The van der Waals surface area contributed by atoms with Gasteiger partial charge < -0.3 is 10.5 Å². The van der Waals surface area contributed by atoms with Crippen LogP contribution < -0.4 is 5.73 Å². The van der Waals surface area contributed by atoms with Crippen LogP contribution in [0.1, 0.15) is 13.8 Å². The minimum atomic E-state index is -2.93. The number of carbonyl (C=O) groups excluding carboxylic acids is 1. The second kappa shape index (κ2) is 5.79. The first-order valence-electron chi connectivity index (χ1n) is 5.72. The van der Waals surface area contributed by atoms with Crippen LogP contribution >= 0.6 is 0 Å². The third kappa shape index (κ3) is 4.25. The molecule has 0 aliphatic carbocycles. The number of nitrogens with zero attached hydrogens (tertiary/aromatic N) is 1. The van der Waals surface area contributed by atoms with E-state index in [4.69, 9.17) is 10.5 Å². The van der Waals surface area contributed by atoms with Crippen molar-refractivity contribution >= 4 is 15.8 Å². The third-order valence-electron chi connectivity index (χ3n) is 2.83. The van der Waals surface area contributed by atoms with Crippen molar-refractivity contribution in [1.29, 1.82) is 0 Å². The molecule has 7 heteroatoms. The maximum absolute atomic E-state index is 11.4. The standard InChI is InChI=1S/C10H20N2O4S/c1-3-16-10(13)9(11)6-12-4-5-17(14,15)7-8(12)2/h8-9H,3-7,11H2,1-2H3. The van der Waals surface area contributed by atoms with Crippen LogP contribution in [0.3, 0.4) is 0 Å². The number of esters is 1. The van der Waals surface area contributed by atoms with Crippen LogP contribution in [0.2, 0.25) is 0 Å². The summed E-state index contributed by atoms with van der Waals surface area (Å²) < 4.78 is 27.6. The van der Waals surface area contributed by atoms with Crippen molar-refractivity contribution in [2.45, 2.75) is 25.9 Å². The fourth-order valence-corrected chi connectivity index (χ4v) is 3.51. The van der Waals surface area contributed by atoms with E-state index in [1.807, 2.05) is 11.8 Å². The van der Waals surface area contributed by atoms with Crippen molar-refractivity contribution in [2.24, 2.45) is 5.73 Å². The highest BCUT2D eigenvalue weighted by Gasteiger charge is 2.30. The molecule has 6 nitrogen and oxygen atoms in total. The summed E-state index contributed by atoms with van der Waals surface area (Å²) in [7, 11) is -2.93. The normalized spacial score (nSPS) is 26.4. The number of sulfone groups is 1. The molecule has 2 atom stereocenters. The topological polar surface area (TPSA) is 89.7 Å². The van der Waals surface area contributed by atoms with E-state index in [0.717, 1.165) is 0 Å². The minimum Gasteiger partial charge on any atom is -0.465 e. The molecule has 1 fully saturated rings. The van der Waals surface area contributed by atoms with Gasteiger partial charge in [0, 0.05) is 19.1 Å². The summed E-state index contributed by atoms with van der Waals surface area (Å²) in [5.41, 5.74) is 5.70. The van der Waals surface area contributed by atoms with E-state index in [0.29, 0.717) is 19.7 Å². The van der Waals surface area contributed by atoms with Crippen LogP contribution in [0.5, 0.6) is 0 Å². The van der Waals surface area contributed by atoms with E-state index >= 15 is 0 Å². The molecule has 1 saturated heterocycles. The Kier molecular flexibility index (Phi) is 4.91.